The Balaban J connectivity index is 1.39. The Morgan fingerprint density at radius 1 is 1.07 bits per heavy atom. The molecule has 1 saturated heterocycles. The van der Waals surface area contributed by atoms with E-state index in [4.69, 9.17) is 37.4 Å². The molecule has 2 aliphatic heterocycles. The number of ketones is 1. The summed E-state index contributed by atoms with van der Waals surface area (Å²) in [5, 5.41) is 21.3. The van der Waals surface area contributed by atoms with Crippen molar-refractivity contribution >= 4 is 68.9 Å². The molecule has 2 aliphatic rings. The normalized spacial score (nSPS) is 17.4. The zero-order valence-electron chi connectivity index (χ0n) is 22.6. The molecule has 3 aromatic carbocycles. The molecule has 13 heteroatoms. The first kappa shape index (κ1) is 29.3. The molecule has 0 saturated carbocycles. The first-order valence-corrected chi connectivity index (χ1v) is 15.7. The summed E-state index contributed by atoms with van der Waals surface area (Å²) in [6.45, 7) is 3.05. The minimum Gasteiger partial charge on any atom is -0.507 e. The molecule has 1 atom stereocenters. The molecule has 0 bridgehead atoms. The first-order chi connectivity index (χ1) is 20.8. The maximum Gasteiger partial charge on any atom is 0.301 e. The number of hydrogen-bond acceptors (Lipinski definition) is 10. The number of nitrogens with zero attached hydrogens (tertiary/aromatic N) is 3. The SMILES string of the molecule is CCOc1cccc(C2/C(=C(/O)c3ccc4c(c3)OCCO4)C(=O)C(=O)N2c2nnc(SCc3ccc(Cl)cc3Cl)s2)c1. The number of amides is 1. The number of hydrogen-bond donors (Lipinski definition) is 1. The summed E-state index contributed by atoms with van der Waals surface area (Å²) in [5.41, 5.74) is 1.64. The summed E-state index contributed by atoms with van der Waals surface area (Å²) in [5.74, 6) is -0.0165. The highest BCUT2D eigenvalue weighted by atomic mass is 35.5. The third kappa shape index (κ3) is 5.90. The van der Waals surface area contributed by atoms with Crippen molar-refractivity contribution in [1.29, 1.82) is 0 Å². The summed E-state index contributed by atoms with van der Waals surface area (Å²) in [6, 6.07) is 16.2. The highest BCUT2D eigenvalue weighted by molar-refractivity contribution is 8.00. The average molecular weight is 657 g/mol. The summed E-state index contributed by atoms with van der Waals surface area (Å²) in [4.78, 5) is 28.5. The summed E-state index contributed by atoms with van der Waals surface area (Å²) in [7, 11) is 0. The maximum atomic E-state index is 13.6. The number of rotatable bonds is 8. The molecule has 0 aliphatic carbocycles. The fourth-order valence-corrected chi connectivity index (χ4v) is 7.19. The van der Waals surface area contributed by atoms with Gasteiger partial charge in [-0.15, -0.1) is 10.2 Å². The zero-order chi connectivity index (χ0) is 30.1. The molecular formula is C30H23Cl2N3O6S2. The topological polar surface area (TPSA) is 111 Å². The number of fused-ring (bicyclic) bond motifs is 1. The van der Waals surface area contributed by atoms with Crippen LogP contribution >= 0.6 is 46.3 Å². The minimum absolute atomic E-state index is 0.0901. The van der Waals surface area contributed by atoms with Gasteiger partial charge in [-0.3, -0.25) is 14.5 Å². The van der Waals surface area contributed by atoms with Crippen LogP contribution in [-0.4, -0.2) is 46.8 Å². The van der Waals surface area contributed by atoms with E-state index in [-0.39, 0.29) is 16.5 Å². The predicted molar refractivity (Wildman–Crippen MR) is 166 cm³/mol. The van der Waals surface area contributed by atoms with Crippen LogP contribution in [0.1, 0.15) is 29.7 Å². The van der Waals surface area contributed by atoms with E-state index < -0.39 is 17.7 Å². The van der Waals surface area contributed by atoms with Crippen molar-refractivity contribution in [2.24, 2.45) is 0 Å². The quantitative estimate of drug-likeness (QED) is 0.0710. The Morgan fingerprint density at radius 3 is 2.67 bits per heavy atom. The Morgan fingerprint density at radius 2 is 1.88 bits per heavy atom. The smallest absolute Gasteiger partial charge is 0.301 e. The van der Waals surface area contributed by atoms with Gasteiger partial charge < -0.3 is 19.3 Å². The van der Waals surface area contributed by atoms with E-state index in [1.165, 1.54) is 16.7 Å². The van der Waals surface area contributed by atoms with Gasteiger partial charge in [0.2, 0.25) is 5.13 Å². The molecule has 0 spiro atoms. The lowest BCUT2D eigenvalue weighted by Crippen LogP contribution is -2.29. The second kappa shape index (κ2) is 12.5. The molecule has 1 unspecified atom stereocenters. The van der Waals surface area contributed by atoms with Crippen molar-refractivity contribution in [1.82, 2.24) is 10.2 Å². The van der Waals surface area contributed by atoms with Crippen molar-refractivity contribution in [3.63, 3.8) is 0 Å². The molecular weight excluding hydrogens is 633 g/mol. The van der Waals surface area contributed by atoms with Gasteiger partial charge in [0.25, 0.3) is 5.78 Å². The van der Waals surface area contributed by atoms with Gasteiger partial charge in [0, 0.05) is 21.4 Å². The van der Waals surface area contributed by atoms with Gasteiger partial charge in [0.1, 0.15) is 24.7 Å². The average Bonchev–Trinajstić information content (AvgIpc) is 3.58. The van der Waals surface area contributed by atoms with Crippen LogP contribution in [0.15, 0.2) is 70.6 Å². The molecule has 1 aromatic heterocycles. The van der Waals surface area contributed by atoms with Crippen LogP contribution in [-0.2, 0) is 15.3 Å². The highest BCUT2D eigenvalue weighted by Gasteiger charge is 2.48. The molecule has 43 heavy (non-hydrogen) atoms. The molecule has 4 aromatic rings. The van der Waals surface area contributed by atoms with Crippen LogP contribution < -0.4 is 19.1 Å². The molecule has 1 N–H and O–H groups in total. The number of aromatic nitrogens is 2. The number of ether oxygens (including phenoxy) is 3. The number of halogens is 2. The third-order valence-electron chi connectivity index (χ3n) is 6.71. The maximum absolute atomic E-state index is 13.6. The van der Waals surface area contributed by atoms with E-state index in [1.807, 2.05) is 13.0 Å². The Kier molecular flexibility index (Phi) is 8.49. The van der Waals surface area contributed by atoms with Gasteiger partial charge >= 0.3 is 5.91 Å². The zero-order valence-corrected chi connectivity index (χ0v) is 25.7. The van der Waals surface area contributed by atoms with E-state index in [0.29, 0.717) is 68.3 Å². The number of aliphatic hydroxyl groups is 1. The second-order valence-corrected chi connectivity index (χ2v) is 12.4. The van der Waals surface area contributed by atoms with E-state index in [1.54, 1.807) is 54.6 Å². The molecule has 220 valence electrons. The third-order valence-corrected chi connectivity index (χ3v) is 9.40. The van der Waals surface area contributed by atoms with Gasteiger partial charge in [0.15, 0.2) is 15.8 Å². The van der Waals surface area contributed by atoms with Gasteiger partial charge in [-0.2, -0.15) is 0 Å². The van der Waals surface area contributed by atoms with Crippen molar-refractivity contribution in [2.45, 2.75) is 23.1 Å². The first-order valence-electron chi connectivity index (χ1n) is 13.2. The Bertz CT molecular complexity index is 1760. The van der Waals surface area contributed by atoms with E-state index in [9.17, 15) is 14.7 Å². The van der Waals surface area contributed by atoms with E-state index in [2.05, 4.69) is 10.2 Å². The van der Waals surface area contributed by atoms with Crippen molar-refractivity contribution in [2.75, 3.05) is 24.7 Å². The number of carbonyl (C=O) groups excluding carboxylic acids is 2. The summed E-state index contributed by atoms with van der Waals surface area (Å²) < 4.78 is 17.5. The van der Waals surface area contributed by atoms with Crippen molar-refractivity contribution in [3.05, 3.63) is 93.0 Å². The van der Waals surface area contributed by atoms with E-state index >= 15 is 0 Å². The lowest BCUT2D eigenvalue weighted by Gasteiger charge is -2.23. The largest absolute Gasteiger partial charge is 0.507 e. The lowest BCUT2D eigenvalue weighted by molar-refractivity contribution is -0.132. The summed E-state index contributed by atoms with van der Waals surface area (Å²) >= 11 is 14.9. The molecule has 6 rings (SSSR count). The number of benzene rings is 3. The van der Waals surface area contributed by atoms with E-state index in [0.717, 1.165) is 16.9 Å². The van der Waals surface area contributed by atoms with Crippen LogP contribution in [0.5, 0.6) is 17.2 Å². The van der Waals surface area contributed by atoms with Crippen LogP contribution in [0.25, 0.3) is 5.76 Å². The fraction of sp³-hybridized carbons (Fsp3) is 0.200. The van der Waals surface area contributed by atoms with Gasteiger partial charge in [-0.05, 0) is 60.5 Å². The second-order valence-electron chi connectivity index (χ2n) is 9.41. The standard InChI is InChI=1S/C30H23Cl2N3O6S2/c1-2-39-20-5-3-4-16(12-20)25-24(26(36)17-7-9-22-23(13-17)41-11-10-40-22)27(37)28(38)35(25)29-33-34-30(43-29)42-15-18-6-8-19(31)14-21(18)32/h3-9,12-14,25,36H,2,10-11,15H2,1H3/b26-24-. The monoisotopic (exact) mass is 655 g/mol. The molecule has 1 fully saturated rings. The Labute approximate surface area is 265 Å². The highest BCUT2D eigenvalue weighted by Crippen LogP contribution is 2.45. The molecule has 3 heterocycles. The number of aliphatic hydroxyl groups excluding tert-OH is 1. The Hall–Kier alpha value is -3.77. The number of carbonyl (C=O) groups is 2. The van der Waals surface area contributed by atoms with Crippen LogP contribution in [0.3, 0.4) is 0 Å². The minimum atomic E-state index is -0.995. The molecule has 9 nitrogen and oxygen atoms in total. The number of thioether (sulfide) groups is 1. The van der Waals surface area contributed by atoms with Crippen LogP contribution in [0.2, 0.25) is 10.0 Å². The van der Waals surface area contributed by atoms with Crippen molar-refractivity contribution in [3.8, 4) is 17.2 Å². The van der Waals surface area contributed by atoms with Crippen molar-refractivity contribution < 1.29 is 28.9 Å². The predicted octanol–water partition coefficient (Wildman–Crippen LogP) is 6.93. The fourth-order valence-electron chi connectivity index (χ4n) is 4.77. The van der Waals surface area contributed by atoms with Crippen LogP contribution in [0, 0.1) is 0 Å². The number of anilines is 1. The van der Waals surface area contributed by atoms with Gasteiger partial charge in [-0.25, -0.2) is 0 Å². The van der Waals surface area contributed by atoms with Gasteiger partial charge in [-0.1, -0.05) is 64.5 Å². The molecule has 0 radical (unpaired) electrons. The number of Topliss-reactive ketones (excluding diaryl/α,β-unsaturated/α-hetero) is 1. The van der Waals surface area contributed by atoms with Gasteiger partial charge in [0.05, 0.1) is 18.2 Å². The summed E-state index contributed by atoms with van der Waals surface area (Å²) in [6.07, 6.45) is 0. The van der Waals surface area contributed by atoms with Crippen LogP contribution in [0.4, 0.5) is 5.13 Å². The lowest BCUT2D eigenvalue weighted by atomic mass is 9.95. The molecule has 1 amide bonds.